The number of nitrogens with zero attached hydrogens (tertiary/aromatic N) is 1. The van der Waals surface area contributed by atoms with Gasteiger partial charge in [-0.1, -0.05) is 6.07 Å². The van der Waals surface area contributed by atoms with Crippen LogP contribution in [-0.4, -0.2) is 34.6 Å². The van der Waals surface area contributed by atoms with Gasteiger partial charge in [-0.3, -0.25) is 4.79 Å². The summed E-state index contributed by atoms with van der Waals surface area (Å²) in [4.78, 5) is 26.0. The zero-order valence-corrected chi connectivity index (χ0v) is 10.4. The van der Waals surface area contributed by atoms with Gasteiger partial charge in [-0.2, -0.15) is 0 Å². The van der Waals surface area contributed by atoms with Gasteiger partial charge in [0.1, 0.15) is 5.69 Å². The molecule has 0 saturated heterocycles. The summed E-state index contributed by atoms with van der Waals surface area (Å²) in [7, 11) is 0. The molecule has 1 amide bonds. The van der Waals surface area contributed by atoms with E-state index in [4.69, 9.17) is 5.11 Å². The van der Waals surface area contributed by atoms with Crippen LogP contribution in [-0.2, 0) is 11.3 Å². The van der Waals surface area contributed by atoms with Crippen LogP contribution in [0.25, 0.3) is 0 Å². The SMILES string of the molecule is CC(C)NC(=O)CNCc1cccc(C(=O)O)n1. The van der Waals surface area contributed by atoms with Crippen LogP contribution in [0, 0.1) is 0 Å². The highest BCUT2D eigenvalue weighted by Crippen LogP contribution is 1.99. The van der Waals surface area contributed by atoms with Gasteiger partial charge in [0.15, 0.2) is 0 Å². The summed E-state index contributed by atoms with van der Waals surface area (Å²) in [5.74, 6) is -1.16. The second-order valence-corrected chi connectivity index (χ2v) is 4.15. The number of carboxylic acid groups (broad SMARTS) is 1. The van der Waals surface area contributed by atoms with Crippen molar-refractivity contribution in [3.8, 4) is 0 Å². The molecular formula is C12H17N3O3. The topological polar surface area (TPSA) is 91.3 Å². The van der Waals surface area contributed by atoms with Gasteiger partial charge in [0.2, 0.25) is 5.91 Å². The van der Waals surface area contributed by atoms with Crippen LogP contribution in [0.3, 0.4) is 0 Å². The Labute approximate surface area is 105 Å². The van der Waals surface area contributed by atoms with E-state index in [1.54, 1.807) is 12.1 Å². The standard InChI is InChI=1S/C12H17N3O3/c1-8(2)14-11(16)7-13-6-9-4-3-5-10(15-9)12(17)18/h3-5,8,13H,6-7H2,1-2H3,(H,14,16)(H,17,18). The number of rotatable bonds is 6. The van der Waals surface area contributed by atoms with Crippen LogP contribution in [0.4, 0.5) is 0 Å². The van der Waals surface area contributed by atoms with E-state index in [0.29, 0.717) is 12.2 Å². The number of aromatic nitrogens is 1. The molecular weight excluding hydrogens is 234 g/mol. The third-order valence-corrected chi connectivity index (χ3v) is 2.07. The van der Waals surface area contributed by atoms with Crippen LogP contribution < -0.4 is 10.6 Å². The molecule has 6 heteroatoms. The van der Waals surface area contributed by atoms with Crippen molar-refractivity contribution < 1.29 is 14.7 Å². The average molecular weight is 251 g/mol. The number of hydrogen-bond donors (Lipinski definition) is 3. The number of nitrogens with one attached hydrogen (secondary N) is 2. The lowest BCUT2D eigenvalue weighted by molar-refractivity contribution is -0.120. The fourth-order valence-corrected chi connectivity index (χ4v) is 1.37. The van der Waals surface area contributed by atoms with Crippen molar-refractivity contribution in [2.45, 2.75) is 26.4 Å². The van der Waals surface area contributed by atoms with Gasteiger partial charge in [-0.25, -0.2) is 9.78 Å². The minimum Gasteiger partial charge on any atom is -0.477 e. The highest BCUT2D eigenvalue weighted by molar-refractivity contribution is 5.85. The van der Waals surface area contributed by atoms with E-state index >= 15 is 0 Å². The Morgan fingerprint density at radius 1 is 1.39 bits per heavy atom. The highest BCUT2D eigenvalue weighted by Gasteiger charge is 2.06. The molecule has 1 aromatic heterocycles. The van der Waals surface area contributed by atoms with E-state index in [1.165, 1.54) is 6.07 Å². The van der Waals surface area contributed by atoms with E-state index in [1.807, 2.05) is 13.8 Å². The Kier molecular flexibility index (Phi) is 5.26. The number of amides is 1. The lowest BCUT2D eigenvalue weighted by atomic mass is 10.3. The molecule has 18 heavy (non-hydrogen) atoms. The Hall–Kier alpha value is -1.95. The van der Waals surface area contributed by atoms with Crippen LogP contribution in [0.5, 0.6) is 0 Å². The molecule has 3 N–H and O–H groups in total. The Bertz CT molecular complexity index is 432. The van der Waals surface area contributed by atoms with Crippen molar-refractivity contribution in [2.75, 3.05) is 6.54 Å². The molecule has 0 spiro atoms. The summed E-state index contributed by atoms with van der Waals surface area (Å²) < 4.78 is 0. The Balaban J connectivity index is 2.42. The van der Waals surface area contributed by atoms with Crippen molar-refractivity contribution >= 4 is 11.9 Å². The lowest BCUT2D eigenvalue weighted by Crippen LogP contribution is -2.37. The third-order valence-electron chi connectivity index (χ3n) is 2.07. The fourth-order valence-electron chi connectivity index (χ4n) is 1.37. The van der Waals surface area contributed by atoms with Gasteiger partial charge in [-0.05, 0) is 26.0 Å². The molecule has 0 aliphatic rings. The smallest absolute Gasteiger partial charge is 0.354 e. The van der Waals surface area contributed by atoms with Crippen molar-refractivity contribution in [1.82, 2.24) is 15.6 Å². The first kappa shape index (κ1) is 14.1. The molecule has 0 radical (unpaired) electrons. The molecule has 98 valence electrons. The van der Waals surface area contributed by atoms with Crippen LogP contribution in [0.1, 0.15) is 30.0 Å². The maximum atomic E-state index is 11.3. The maximum Gasteiger partial charge on any atom is 0.354 e. The second-order valence-electron chi connectivity index (χ2n) is 4.15. The number of hydrogen-bond acceptors (Lipinski definition) is 4. The third kappa shape index (κ3) is 4.92. The van der Waals surface area contributed by atoms with Crippen LogP contribution in [0.2, 0.25) is 0 Å². The van der Waals surface area contributed by atoms with Crippen LogP contribution in [0.15, 0.2) is 18.2 Å². The van der Waals surface area contributed by atoms with Gasteiger partial charge < -0.3 is 15.7 Å². The molecule has 0 aromatic carbocycles. The van der Waals surface area contributed by atoms with Gasteiger partial charge >= 0.3 is 5.97 Å². The summed E-state index contributed by atoms with van der Waals surface area (Å²) in [5.41, 5.74) is 0.591. The lowest BCUT2D eigenvalue weighted by Gasteiger charge is -2.09. The average Bonchev–Trinajstić information content (AvgIpc) is 2.28. The van der Waals surface area contributed by atoms with Gasteiger partial charge in [-0.15, -0.1) is 0 Å². The molecule has 0 saturated carbocycles. The predicted octanol–water partition coefficient (Wildman–Crippen LogP) is 0.394. The predicted molar refractivity (Wildman–Crippen MR) is 66.2 cm³/mol. The number of pyridine rings is 1. The molecule has 6 nitrogen and oxygen atoms in total. The molecule has 1 aromatic rings. The summed E-state index contributed by atoms with van der Waals surface area (Å²) in [6.07, 6.45) is 0. The minimum absolute atomic E-state index is 0.000863. The summed E-state index contributed by atoms with van der Waals surface area (Å²) >= 11 is 0. The van der Waals surface area contributed by atoms with E-state index in [0.717, 1.165) is 0 Å². The Morgan fingerprint density at radius 3 is 2.72 bits per heavy atom. The quantitative estimate of drug-likeness (QED) is 0.680. The van der Waals surface area contributed by atoms with E-state index in [9.17, 15) is 9.59 Å². The second kappa shape index (κ2) is 6.70. The van der Waals surface area contributed by atoms with Gasteiger partial charge in [0, 0.05) is 12.6 Å². The number of aromatic carboxylic acids is 1. The van der Waals surface area contributed by atoms with Gasteiger partial charge in [0.05, 0.1) is 12.2 Å². The first-order valence-corrected chi connectivity index (χ1v) is 5.68. The largest absolute Gasteiger partial charge is 0.477 e. The first-order chi connectivity index (χ1) is 8.49. The van der Waals surface area contributed by atoms with Crippen LogP contribution >= 0.6 is 0 Å². The zero-order valence-electron chi connectivity index (χ0n) is 10.4. The molecule has 0 atom stereocenters. The summed E-state index contributed by atoms with van der Waals surface area (Å²) in [6.45, 7) is 4.30. The monoisotopic (exact) mass is 251 g/mol. The number of carbonyl (C=O) groups is 2. The Morgan fingerprint density at radius 2 is 2.11 bits per heavy atom. The normalized spacial score (nSPS) is 10.4. The molecule has 1 heterocycles. The summed E-state index contributed by atoms with van der Waals surface area (Å²) in [5, 5.41) is 14.4. The molecule has 0 aliphatic carbocycles. The van der Waals surface area contributed by atoms with Gasteiger partial charge in [0.25, 0.3) is 0 Å². The van der Waals surface area contributed by atoms with Crippen molar-refractivity contribution in [2.24, 2.45) is 0 Å². The number of carboxylic acids is 1. The highest BCUT2D eigenvalue weighted by atomic mass is 16.4. The van der Waals surface area contributed by atoms with E-state index in [2.05, 4.69) is 15.6 Å². The zero-order chi connectivity index (χ0) is 13.5. The van der Waals surface area contributed by atoms with Crippen molar-refractivity contribution in [3.05, 3.63) is 29.6 Å². The number of carbonyl (C=O) groups excluding carboxylic acids is 1. The minimum atomic E-state index is -1.06. The van der Waals surface area contributed by atoms with Crippen molar-refractivity contribution in [1.29, 1.82) is 0 Å². The van der Waals surface area contributed by atoms with E-state index in [-0.39, 0.29) is 24.2 Å². The van der Waals surface area contributed by atoms with Crippen molar-refractivity contribution in [3.63, 3.8) is 0 Å². The molecule has 0 bridgehead atoms. The molecule has 0 fully saturated rings. The molecule has 1 rings (SSSR count). The molecule has 0 unspecified atom stereocenters. The fraction of sp³-hybridized carbons (Fsp3) is 0.417. The summed E-state index contributed by atoms with van der Waals surface area (Å²) in [6, 6.07) is 4.87. The first-order valence-electron chi connectivity index (χ1n) is 5.68. The maximum absolute atomic E-state index is 11.3. The van der Waals surface area contributed by atoms with E-state index < -0.39 is 5.97 Å². The molecule has 0 aliphatic heterocycles.